The van der Waals surface area contributed by atoms with E-state index in [0.29, 0.717) is 28.6 Å². The number of esters is 1. The van der Waals surface area contributed by atoms with Crippen molar-refractivity contribution >= 4 is 29.2 Å². The van der Waals surface area contributed by atoms with Crippen molar-refractivity contribution in [2.24, 2.45) is 5.92 Å². The lowest BCUT2D eigenvalue weighted by molar-refractivity contribution is -0.131. The Morgan fingerprint density at radius 3 is 2.41 bits per heavy atom. The number of anilines is 2. The summed E-state index contributed by atoms with van der Waals surface area (Å²) >= 11 is 0. The van der Waals surface area contributed by atoms with Gasteiger partial charge >= 0.3 is 5.97 Å². The molecule has 1 aliphatic rings. The lowest BCUT2D eigenvalue weighted by Gasteiger charge is -2.09. The van der Waals surface area contributed by atoms with E-state index in [1.165, 1.54) is 13.0 Å². The Bertz CT molecular complexity index is 901. The molecule has 1 fully saturated rings. The van der Waals surface area contributed by atoms with Gasteiger partial charge in [-0.05, 0) is 61.2 Å². The number of hydrogen-bond donors (Lipinski definition) is 2. The summed E-state index contributed by atoms with van der Waals surface area (Å²) in [5.41, 5.74) is 1.49. The second-order valence-electron chi connectivity index (χ2n) is 6.34. The molecule has 1 aliphatic carbocycles. The highest BCUT2D eigenvalue weighted by atomic mass is 16.5. The number of allylic oxidation sites excluding steroid dienone is 1. The van der Waals surface area contributed by atoms with E-state index < -0.39 is 5.97 Å². The van der Waals surface area contributed by atoms with Crippen molar-refractivity contribution in [1.82, 2.24) is 0 Å². The summed E-state index contributed by atoms with van der Waals surface area (Å²) in [6.07, 6.45) is 5.74. The molecule has 0 aliphatic heterocycles. The van der Waals surface area contributed by atoms with E-state index in [-0.39, 0.29) is 11.8 Å². The van der Waals surface area contributed by atoms with E-state index in [1.54, 1.807) is 48.5 Å². The molecule has 27 heavy (non-hydrogen) atoms. The standard InChI is InChI=1S/C21H20N2O4/c1-14(24)27-19-7-2-4-16(12-19)21(26)23-18-6-3-5-17(13-18)22-20(25)11-10-15-8-9-15/h2-7,10-13,15H,8-9H2,1H3,(H,22,25)(H,23,26)/b11-10+. The molecule has 0 saturated heterocycles. The number of nitrogens with one attached hydrogen (secondary N) is 2. The minimum absolute atomic E-state index is 0.195. The first-order chi connectivity index (χ1) is 13.0. The average Bonchev–Trinajstić information content (AvgIpc) is 3.44. The third-order valence-corrected chi connectivity index (χ3v) is 3.89. The first-order valence-electron chi connectivity index (χ1n) is 8.69. The van der Waals surface area contributed by atoms with Crippen LogP contribution in [0.2, 0.25) is 0 Å². The normalized spacial score (nSPS) is 13.2. The lowest BCUT2D eigenvalue weighted by atomic mass is 10.2. The summed E-state index contributed by atoms with van der Waals surface area (Å²) in [4.78, 5) is 35.4. The zero-order valence-corrected chi connectivity index (χ0v) is 14.9. The molecule has 2 aromatic rings. The molecule has 0 heterocycles. The molecule has 0 unspecified atom stereocenters. The average molecular weight is 364 g/mol. The van der Waals surface area contributed by atoms with Crippen molar-refractivity contribution in [1.29, 1.82) is 0 Å². The van der Waals surface area contributed by atoms with Crippen LogP contribution in [0.5, 0.6) is 5.75 Å². The van der Waals surface area contributed by atoms with E-state index in [4.69, 9.17) is 4.74 Å². The summed E-state index contributed by atoms with van der Waals surface area (Å²) in [6, 6.07) is 13.2. The Hall–Kier alpha value is -3.41. The second kappa shape index (κ2) is 8.31. The minimum atomic E-state index is -0.452. The van der Waals surface area contributed by atoms with E-state index in [1.807, 2.05) is 6.08 Å². The fourth-order valence-corrected chi connectivity index (χ4v) is 2.44. The molecular formula is C21H20N2O4. The van der Waals surface area contributed by atoms with Crippen LogP contribution in [-0.2, 0) is 9.59 Å². The molecule has 3 rings (SSSR count). The maximum atomic E-state index is 12.4. The van der Waals surface area contributed by atoms with E-state index in [2.05, 4.69) is 10.6 Å². The maximum Gasteiger partial charge on any atom is 0.308 e. The van der Waals surface area contributed by atoms with Gasteiger partial charge in [-0.1, -0.05) is 18.2 Å². The third kappa shape index (κ3) is 5.81. The van der Waals surface area contributed by atoms with Crippen LogP contribution in [0.1, 0.15) is 30.1 Å². The van der Waals surface area contributed by atoms with Gasteiger partial charge < -0.3 is 15.4 Å². The quantitative estimate of drug-likeness (QED) is 0.464. The molecule has 2 amide bonds. The Morgan fingerprint density at radius 1 is 1.00 bits per heavy atom. The predicted octanol–water partition coefficient (Wildman–Crippen LogP) is 3.77. The number of carbonyl (C=O) groups excluding carboxylic acids is 3. The van der Waals surface area contributed by atoms with Crippen molar-refractivity contribution in [2.45, 2.75) is 19.8 Å². The summed E-state index contributed by atoms with van der Waals surface area (Å²) in [6.45, 7) is 1.30. The van der Waals surface area contributed by atoms with Crippen molar-refractivity contribution in [3.8, 4) is 5.75 Å². The molecule has 6 heteroatoms. The Labute approximate surface area is 157 Å². The summed E-state index contributed by atoms with van der Waals surface area (Å²) in [5, 5.41) is 5.54. The molecule has 0 atom stereocenters. The van der Waals surface area contributed by atoms with E-state index in [9.17, 15) is 14.4 Å². The zero-order chi connectivity index (χ0) is 19.2. The van der Waals surface area contributed by atoms with Crippen LogP contribution in [0.15, 0.2) is 60.7 Å². The van der Waals surface area contributed by atoms with E-state index in [0.717, 1.165) is 12.8 Å². The molecule has 138 valence electrons. The fourth-order valence-electron chi connectivity index (χ4n) is 2.44. The van der Waals surface area contributed by atoms with Crippen LogP contribution in [0, 0.1) is 5.92 Å². The predicted molar refractivity (Wildman–Crippen MR) is 103 cm³/mol. The SMILES string of the molecule is CC(=O)Oc1cccc(C(=O)Nc2cccc(NC(=O)/C=C/C3CC3)c2)c1. The molecule has 2 N–H and O–H groups in total. The Morgan fingerprint density at radius 2 is 1.70 bits per heavy atom. The maximum absolute atomic E-state index is 12.4. The minimum Gasteiger partial charge on any atom is -0.427 e. The highest BCUT2D eigenvalue weighted by Crippen LogP contribution is 2.30. The smallest absolute Gasteiger partial charge is 0.308 e. The number of amides is 2. The van der Waals surface area contributed by atoms with Gasteiger partial charge in [0.15, 0.2) is 0 Å². The van der Waals surface area contributed by atoms with Crippen LogP contribution < -0.4 is 15.4 Å². The van der Waals surface area contributed by atoms with E-state index >= 15 is 0 Å². The monoisotopic (exact) mass is 364 g/mol. The van der Waals surface area contributed by atoms with Crippen molar-refractivity contribution in [3.05, 3.63) is 66.2 Å². The molecule has 0 aromatic heterocycles. The number of benzene rings is 2. The van der Waals surface area contributed by atoms with Gasteiger partial charge in [-0.15, -0.1) is 0 Å². The Balaban J connectivity index is 1.64. The number of rotatable bonds is 6. The molecule has 0 radical (unpaired) electrons. The van der Waals surface area contributed by atoms with Gasteiger partial charge in [-0.2, -0.15) is 0 Å². The Kier molecular flexibility index (Phi) is 5.66. The van der Waals surface area contributed by atoms with Gasteiger partial charge in [-0.25, -0.2) is 0 Å². The van der Waals surface area contributed by atoms with Crippen LogP contribution in [0.25, 0.3) is 0 Å². The largest absolute Gasteiger partial charge is 0.427 e. The first-order valence-corrected chi connectivity index (χ1v) is 8.69. The number of carbonyl (C=O) groups is 3. The number of ether oxygens (including phenoxy) is 1. The molecule has 0 bridgehead atoms. The molecule has 6 nitrogen and oxygen atoms in total. The van der Waals surface area contributed by atoms with Crippen LogP contribution >= 0.6 is 0 Å². The van der Waals surface area contributed by atoms with Crippen molar-refractivity contribution < 1.29 is 19.1 Å². The van der Waals surface area contributed by atoms with Gasteiger partial charge in [0.1, 0.15) is 5.75 Å². The zero-order valence-electron chi connectivity index (χ0n) is 14.9. The van der Waals surface area contributed by atoms with Crippen molar-refractivity contribution in [3.63, 3.8) is 0 Å². The van der Waals surface area contributed by atoms with Crippen LogP contribution in [0.4, 0.5) is 11.4 Å². The topological polar surface area (TPSA) is 84.5 Å². The molecule has 0 spiro atoms. The van der Waals surface area contributed by atoms with Gasteiger partial charge in [-0.3, -0.25) is 14.4 Å². The lowest BCUT2D eigenvalue weighted by Crippen LogP contribution is -2.13. The van der Waals surface area contributed by atoms with Crippen molar-refractivity contribution in [2.75, 3.05) is 10.6 Å². The number of hydrogen-bond acceptors (Lipinski definition) is 4. The summed E-state index contributed by atoms with van der Waals surface area (Å²) in [7, 11) is 0. The second-order valence-corrected chi connectivity index (χ2v) is 6.34. The first kappa shape index (κ1) is 18.4. The molecule has 1 saturated carbocycles. The van der Waals surface area contributed by atoms with Gasteiger partial charge in [0.25, 0.3) is 5.91 Å². The molecular weight excluding hydrogens is 344 g/mol. The highest BCUT2D eigenvalue weighted by Gasteiger charge is 2.17. The van der Waals surface area contributed by atoms with Crippen LogP contribution in [-0.4, -0.2) is 17.8 Å². The summed E-state index contributed by atoms with van der Waals surface area (Å²) < 4.78 is 4.99. The van der Waals surface area contributed by atoms with Gasteiger partial charge in [0.05, 0.1) is 0 Å². The third-order valence-electron chi connectivity index (χ3n) is 3.89. The van der Waals surface area contributed by atoms with Crippen LogP contribution in [0.3, 0.4) is 0 Å². The highest BCUT2D eigenvalue weighted by molar-refractivity contribution is 6.05. The molecule has 2 aromatic carbocycles. The summed E-state index contributed by atoms with van der Waals surface area (Å²) in [5.74, 6) is -0.157. The van der Waals surface area contributed by atoms with Gasteiger partial charge in [0, 0.05) is 23.9 Å². The fraction of sp³-hybridized carbons (Fsp3) is 0.190. The van der Waals surface area contributed by atoms with Gasteiger partial charge in [0.2, 0.25) is 5.91 Å².